The second-order valence-corrected chi connectivity index (χ2v) is 8.20. The molecular formula is C26H30N2O2. The monoisotopic (exact) mass is 402 g/mol. The summed E-state index contributed by atoms with van der Waals surface area (Å²) in [4.78, 5) is 12.6. The summed E-state index contributed by atoms with van der Waals surface area (Å²) >= 11 is 0. The molecule has 4 nitrogen and oxygen atoms in total. The standard InChI is InChI=1S/C26H30N2O2/c1-5-8-22-25(19-12-14-23(30-4)16(2)15-19)24(26(27)29)17(3)28(22)21-13-11-18-9-6-7-10-20(18)21/h6-7,9-10,12,14-15,21H,5,8,11,13H2,1-4H3,(H2,27,29). The van der Waals surface area contributed by atoms with Gasteiger partial charge in [-0.1, -0.05) is 43.7 Å². The average molecular weight is 403 g/mol. The van der Waals surface area contributed by atoms with Crippen LogP contribution in [-0.4, -0.2) is 17.6 Å². The van der Waals surface area contributed by atoms with Gasteiger partial charge in [0.2, 0.25) is 0 Å². The minimum atomic E-state index is -0.363. The van der Waals surface area contributed by atoms with Crippen LogP contribution in [0.4, 0.5) is 0 Å². The third-order valence-corrected chi connectivity index (χ3v) is 6.38. The molecule has 1 atom stereocenters. The number of nitrogens with two attached hydrogens (primary N) is 1. The van der Waals surface area contributed by atoms with Gasteiger partial charge in [0.25, 0.3) is 5.91 Å². The van der Waals surface area contributed by atoms with Crippen molar-refractivity contribution < 1.29 is 9.53 Å². The van der Waals surface area contributed by atoms with Crippen LogP contribution in [0.3, 0.4) is 0 Å². The van der Waals surface area contributed by atoms with Gasteiger partial charge >= 0.3 is 0 Å². The number of hydrogen-bond acceptors (Lipinski definition) is 2. The van der Waals surface area contributed by atoms with E-state index in [0.29, 0.717) is 5.56 Å². The Morgan fingerprint density at radius 3 is 2.63 bits per heavy atom. The molecular weight excluding hydrogens is 372 g/mol. The van der Waals surface area contributed by atoms with Crippen LogP contribution >= 0.6 is 0 Å². The van der Waals surface area contributed by atoms with Crippen LogP contribution in [0.25, 0.3) is 11.1 Å². The van der Waals surface area contributed by atoms with Gasteiger partial charge in [-0.3, -0.25) is 4.79 Å². The Morgan fingerprint density at radius 2 is 1.97 bits per heavy atom. The lowest BCUT2D eigenvalue weighted by atomic mass is 9.96. The zero-order chi connectivity index (χ0) is 21.4. The van der Waals surface area contributed by atoms with Crippen LogP contribution in [0.1, 0.15) is 64.2 Å². The van der Waals surface area contributed by atoms with Gasteiger partial charge in [-0.2, -0.15) is 0 Å². The SMILES string of the molecule is CCCc1c(-c2ccc(OC)c(C)c2)c(C(N)=O)c(C)n1C1CCc2ccccc21. The van der Waals surface area contributed by atoms with Crippen LogP contribution in [0.15, 0.2) is 42.5 Å². The van der Waals surface area contributed by atoms with Crippen LogP contribution in [0.5, 0.6) is 5.75 Å². The molecule has 156 valence electrons. The highest BCUT2D eigenvalue weighted by molar-refractivity contribution is 6.02. The maximum atomic E-state index is 12.6. The molecule has 4 heteroatoms. The van der Waals surface area contributed by atoms with Gasteiger partial charge < -0.3 is 15.0 Å². The predicted octanol–water partition coefficient (Wildman–Crippen LogP) is 5.37. The normalized spacial score (nSPS) is 15.3. The Balaban J connectivity index is 1.98. The number of methoxy groups -OCH3 is 1. The maximum absolute atomic E-state index is 12.6. The maximum Gasteiger partial charge on any atom is 0.251 e. The number of nitrogens with zero attached hydrogens (tertiary/aromatic N) is 1. The summed E-state index contributed by atoms with van der Waals surface area (Å²) in [5.74, 6) is 0.482. The minimum absolute atomic E-state index is 0.244. The molecule has 2 N–H and O–H groups in total. The fourth-order valence-electron chi connectivity index (χ4n) is 5.12. The number of aryl methyl sites for hydroxylation is 2. The fraction of sp³-hybridized carbons (Fsp3) is 0.346. The number of amides is 1. The largest absolute Gasteiger partial charge is 0.496 e. The second kappa shape index (κ2) is 8.02. The van der Waals surface area contributed by atoms with Gasteiger partial charge in [0.1, 0.15) is 5.75 Å². The van der Waals surface area contributed by atoms with Crippen molar-refractivity contribution in [3.63, 3.8) is 0 Å². The molecule has 0 spiro atoms. The third-order valence-electron chi connectivity index (χ3n) is 6.38. The van der Waals surface area contributed by atoms with E-state index >= 15 is 0 Å². The number of rotatable bonds is 6. The quantitative estimate of drug-likeness (QED) is 0.603. The highest BCUT2D eigenvalue weighted by Crippen LogP contribution is 2.42. The van der Waals surface area contributed by atoms with Crippen LogP contribution in [-0.2, 0) is 12.8 Å². The van der Waals surface area contributed by atoms with Crippen LogP contribution in [0, 0.1) is 13.8 Å². The summed E-state index contributed by atoms with van der Waals surface area (Å²) in [6.45, 7) is 6.26. The van der Waals surface area contributed by atoms with Gasteiger partial charge in [-0.05, 0) is 67.5 Å². The van der Waals surface area contributed by atoms with E-state index in [1.54, 1.807) is 7.11 Å². The summed E-state index contributed by atoms with van der Waals surface area (Å²) in [6, 6.07) is 15.0. The van der Waals surface area contributed by atoms with E-state index in [2.05, 4.69) is 41.8 Å². The molecule has 1 aliphatic carbocycles. The lowest BCUT2D eigenvalue weighted by Crippen LogP contribution is -2.15. The number of fused-ring (bicyclic) bond motifs is 1. The zero-order valence-electron chi connectivity index (χ0n) is 18.3. The molecule has 0 aliphatic heterocycles. The van der Waals surface area contributed by atoms with Crippen molar-refractivity contribution >= 4 is 5.91 Å². The molecule has 30 heavy (non-hydrogen) atoms. The van der Waals surface area contributed by atoms with Crippen molar-refractivity contribution in [2.45, 2.75) is 52.5 Å². The van der Waals surface area contributed by atoms with Gasteiger partial charge in [0.05, 0.1) is 18.7 Å². The predicted molar refractivity (Wildman–Crippen MR) is 121 cm³/mol. The number of primary amides is 1. The highest BCUT2D eigenvalue weighted by atomic mass is 16.5. The Kier molecular flexibility index (Phi) is 5.42. The average Bonchev–Trinajstić information content (AvgIpc) is 3.26. The smallest absolute Gasteiger partial charge is 0.251 e. The highest BCUT2D eigenvalue weighted by Gasteiger charge is 2.31. The number of aromatic nitrogens is 1. The Hall–Kier alpha value is -3.01. The number of ether oxygens (including phenoxy) is 1. The molecule has 4 rings (SSSR count). The van der Waals surface area contributed by atoms with E-state index in [1.807, 2.05) is 26.0 Å². The van der Waals surface area contributed by atoms with Crippen molar-refractivity contribution in [3.05, 3.63) is 76.1 Å². The first kappa shape index (κ1) is 20.3. The Labute approximate surface area is 178 Å². The molecule has 0 saturated heterocycles. The molecule has 1 aliphatic rings. The van der Waals surface area contributed by atoms with Gasteiger partial charge in [-0.15, -0.1) is 0 Å². The first-order valence-electron chi connectivity index (χ1n) is 10.7. The molecule has 1 heterocycles. The number of hydrogen-bond donors (Lipinski definition) is 1. The zero-order valence-corrected chi connectivity index (χ0v) is 18.3. The lowest BCUT2D eigenvalue weighted by Gasteiger charge is -2.21. The van der Waals surface area contributed by atoms with Crippen molar-refractivity contribution in [2.75, 3.05) is 7.11 Å². The summed E-state index contributed by atoms with van der Waals surface area (Å²) in [5, 5.41) is 0. The van der Waals surface area contributed by atoms with Crippen LogP contribution in [0.2, 0.25) is 0 Å². The summed E-state index contributed by atoms with van der Waals surface area (Å²) < 4.78 is 7.84. The molecule has 3 aromatic rings. The van der Waals surface area contributed by atoms with Crippen molar-refractivity contribution in [3.8, 4) is 16.9 Å². The molecule has 1 aromatic heterocycles. The molecule has 2 aromatic carbocycles. The summed E-state index contributed by atoms with van der Waals surface area (Å²) in [5.41, 5.74) is 14.6. The van der Waals surface area contributed by atoms with E-state index in [-0.39, 0.29) is 11.9 Å². The van der Waals surface area contributed by atoms with E-state index < -0.39 is 0 Å². The topological polar surface area (TPSA) is 57.2 Å². The number of carbonyl (C=O) groups excluding carboxylic acids is 1. The summed E-state index contributed by atoms with van der Waals surface area (Å²) in [6.07, 6.45) is 4.00. The molecule has 1 amide bonds. The van der Waals surface area contributed by atoms with E-state index in [4.69, 9.17) is 10.5 Å². The molecule has 0 fully saturated rings. The summed E-state index contributed by atoms with van der Waals surface area (Å²) in [7, 11) is 1.68. The number of benzene rings is 2. The molecule has 0 bridgehead atoms. The van der Waals surface area contributed by atoms with E-state index in [9.17, 15) is 4.79 Å². The first-order chi connectivity index (χ1) is 14.5. The third kappa shape index (κ3) is 3.20. The van der Waals surface area contributed by atoms with Crippen molar-refractivity contribution in [1.82, 2.24) is 4.57 Å². The Bertz CT molecular complexity index is 1110. The fourth-order valence-corrected chi connectivity index (χ4v) is 5.12. The van der Waals surface area contributed by atoms with Gasteiger partial charge in [-0.25, -0.2) is 0 Å². The lowest BCUT2D eigenvalue weighted by molar-refractivity contribution is 0.1000. The van der Waals surface area contributed by atoms with Gasteiger partial charge in [0.15, 0.2) is 0 Å². The Morgan fingerprint density at radius 1 is 1.20 bits per heavy atom. The van der Waals surface area contributed by atoms with Crippen LogP contribution < -0.4 is 10.5 Å². The minimum Gasteiger partial charge on any atom is -0.496 e. The van der Waals surface area contributed by atoms with Crippen molar-refractivity contribution in [2.24, 2.45) is 5.73 Å². The van der Waals surface area contributed by atoms with Gasteiger partial charge in [0, 0.05) is 17.0 Å². The van der Waals surface area contributed by atoms with E-state index in [1.165, 1.54) is 16.8 Å². The number of carbonyl (C=O) groups is 1. The molecule has 1 unspecified atom stereocenters. The van der Waals surface area contributed by atoms with Crippen molar-refractivity contribution in [1.29, 1.82) is 0 Å². The van der Waals surface area contributed by atoms with E-state index in [0.717, 1.165) is 53.8 Å². The molecule has 0 saturated carbocycles. The second-order valence-electron chi connectivity index (χ2n) is 8.20. The first-order valence-corrected chi connectivity index (χ1v) is 10.7. The molecule has 0 radical (unpaired) electrons.